The van der Waals surface area contributed by atoms with Gasteiger partial charge in [-0.05, 0) is 18.4 Å². The van der Waals surface area contributed by atoms with Crippen molar-refractivity contribution in [3.8, 4) is 0 Å². The van der Waals surface area contributed by atoms with Gasteiger partial charge < -0.3 is 15.3 Å². The molecule has 1 aromatic rings. The summed E-state index contributed by atoms with van der Waals surface area (Å²) in [5.74, 6) is 0.203. The average Bonchev–Trinajstić information content (AvgIpc) is 3.15. The fraction of sp³-hybridized carbons (Fsp3) is 0.650. The van der Waals surface area contributed by atoms with Crippen LogP contribution in [-0.2, 0) is 4.79 Å². The average molecular weight is 345 g/mol. The van der Waals surface area contributed by atoms with E-state index < -0.39 is 6.10 Å². The van der Waals surface area contributed by atoms with Crippen molar-refractivity contribution in [2.24, 2.45) is 0 Å². The van der Waals surface area contributed by atoms with Gasteiger partial charge in [-0.25, -0.2) is 0 Å². The number of hydrogen-bond donors (Lipinski definition) is 2. The second kappa shape index (κ2) is 9.32. The molecule has 0 unspecified atom stereocenters. The summed E-state index contributed by atoms with van der Waals surface area (Å²) < 4.78 is 0. The van der Waals surface area contributed by atoms with Gasteiger partial charge in [-0.15, -0.1) is 0 Å². The zero-order valence-corrected chi connectivity index (χ0v) is 15.1. The number of benzene rings is 1. The SMILES string of the molecule is O=C(CCN1CCN(C[C@H](O)c2ccccc2)CC1)NC1CCCC1. The van der Waals surface area contributed by atoms with E-state index in [-0.39, 0.29) is 5.91 Å². The Balaban J connectivity index is 1.32. The Hall–Kier alpha value is -1.43. The van der Waals surface area contributed by atoms with Gasteiger partial charge in [-0.2, -0.15) is 0 Å². The number of aliphatic hydroxyl groups excluding tert-OH is 1. The van der Waals surface area contributed by atoms with Crippen LogP contribution in [0.1, 0.15) is 43.8 Å². The van der Waals surface area contributed by atoms with Crippen LogP contribution < -0.4 is 5.32 Å². The van der Waals surface area contributed by atoms with Gasteiger partial charge in [-0.3, -0.25) is 9.69 Å². The molecular formula is C20H31N3O2. The lowest BCUT2D eigenvalue weighted by Crippen LogP contribution is -2.48. The third-order valence-corrected chi connectivity index (χ3v) is 5.46. The van der Waals surface area contributed by atoms with Crippen molar-refractivity contribution in [1.82, 2.24) is 15.1 Å². The van der Waals surface area contributed by atoms with Gasteiger partial charge in [0.05, 0.1) is 6.10 Å². The first kappa shape index (κ1) is 18.4. The van der Waals surface area contributed by atoms with Gasteiger partial charge in [0.15, 0.2) is 0 Å². The zero-order valence-electron chi connectivity index (χ0n) is 15.1. The number of aliphatic hydroxyl groups is 1. The Kier molecular flexibility index (Phi) is 6.84. The third kappa shape index (κ3) is 5.80. The lowest BCUT2D eigenvalue weighted by Gasteiger charge is -2.35. The molecule has 1 saturated heterocycles. The first-order valence-corrected chi connectivity index (χ1v) is 9.68. The molecule has 0 spiro atoms. The van der Waals surface area contributed by atoms with E-state index in [4.69, 9.17) is 0 Å². The quantitative estimate of drug-likeness (QED) is 0.791. The second-order valence-electron chi connectivity index (χ2n) is 7.37. The lowest BCUT2D eigenvalue weighted by atomic mass is 10.1. The number of β-amino-alcohol motifs (C(OH)–C–C–N with tert-alkyl or cyclic N) is 1. The topological polar surface area (TPSA) is 55.8 Å². The molecule has 1 aromatic carbocycles. The fourth-order valence-electron chi connectivity index (χ4n) is 3.85. The highest BCUT2D eigenvalue weighted by atomic mass is 16.3. The van der Waals surface area contributed by atoms with Gasteiger partial charge in [0.25, 0.3) is 0 Å². The Morgan fingerprint density at radius 1 is 1.08 bits per heavy atom. The second-order valence-corrected chi connectivity index (χ2v) is 7.37. The van der Waals surface area contributed by atoms with E-state index in [9.17, 15) is 9.90 Å². The first-order chi connectivity index (χ1) is 12.2. The summed E-state index contributed by atoms with van der Waals surface area (Å²) in [6.45, 7) is 5.37. The standard InChI is InChI=1S/C20H31N3O2/c24-19(17-6-2-1-3-7-17)16-23-14-12-22(13-15-23)11-10-20(25)21-18-8-4-5-9-18/h1-3,6-7,18-19,24H,4-5,8-16H2,(H,21,25)/t19-/m0/s1. The molecule has 5 nitrogen and oxygen atoms in total. The summed E-state index contributed by atoms with van der Waals surface area (Å²) in [7, 11) is 0. The zero-order chi connectivity index (χ0) is 17.5. The molecule has 2 aliphatic rings. The molecule has 1 aliphatic heterocycles. The van der Waals surface area contributed by atoms with E-state index in [1.807, 2.05) is 30.3 Å². The predicted octanol–water partition coefficient (Wildman–Crippen LogP) is 1.79. The first-order valence-electron chi connectivity index (χ1n) is 9.68. The van der Waals surface area contributed by atoms with Crippen LogP contribution in [0.5, 0.6) is 0 Å². The van der Waals surface area contributed by atoms with Crippen LogP contribution in [0.2, 0.25) is 0 Å². The fourth-order valence-corrected chi connectivity index (χ4v) is 3.85. The summed E-state index contributed by atoms with van der Waals surface area (Å²) in [4.78, 5) is 16.7. The molecule has 1 amide bonds. The number of rotatable bonds is 7. The molecule has 5 heteroatoms. The highest BCUT2D eigenvalue weighted by Gasteiger charge is 2.21. The Bertz CT molecular complexity index is 523. The van der Waals surface area contributed by atoms with E-state index in [1.54, 1.807) is 0 Å². The lowest BCUT2D eigenvalue weighted by molar-refractivity contribution is -0.122. The number of hydrogen-bond acceptors (Lipinski definition) is 4. The monoisotopic (exact) mass is 345 g/mol. The number of carbonyl (C=O) groups excluding carboxylic acids is 1. The summed E-state index contributed by atoms with van der Waals surface area (Å²) in [6.07, 6.45) is 4.97. The van der Waals surface area contributed by atoms with Gasteiger partial charge >= 0.3 is 0 Å². The van der Waals surface area contributed by atoms with Crippen molar-refractivity contribution in [3.05, 3.63) is 35.9 Å². The van der Waals surface area contributed by atoms with Gasteiger partial charge in [0.2, 0.25) is 5.91 Å². The molecule has 0 radical (unpaired) electrons. The molecule has 1 atom stereocenters. The highest BCUT2D eigenvalue weighted by Crippen LogP contribution is 2.18. The minimum atomic E-state index is -0.426. The van der Waals surface area contributed by atoms with Crippen LogP contribution in [0.15, 0.2) is 30.3 Å². The minimum Gasteiger partial charge on any atom is -0.387 e. The highest BCUT2D eigenvalue weighted by molar-refractivity contribution is 5.76. The maximum atomic E-state index is 12.0. The number of carbonyl (C=O) groups is 1. The van der Waals surface area contributed by atoms with Crippen molar-refractivity contribution in [3.63, 3.8) is 0 Å². The molecule has 1 saturated carbocycles. The van der Waals surface area contributed by atoms with Crippen molar-refractivity contribution in [2.75, 3.05) is 39.3 Å². The van der Waals surface area contributed by atoms with Gasteiger partial charge in [0, 0.05) is 51.7 Å². The summed E-state index contributed by atoms with van der Waals surface area (Å²) >= 11 is 0. The molecular weight excluding hydrogens is 314 g/mol. The number of nitrogens with zero attached hydrogens (tertiary/aromatic N) is 2. The third-order valence-electron chi connectivity index (χ3n) is 5.46. The number of piperazine rings is 1. The summed E-state index contributed by atoms with van der Waals surface area (Å²) in [5, 5.41) is 13.5. The summed E-state index contributed by atoms with van der Waals surface area (Å²) in [6, 6.07) is 10.3. The van der Waals surface area contributed by atoms with Crippen molar-refractivity contribution in [1.29, 1.82) is 0 Å². The number of amides is 1. The molecule has 1 aliphatic carbocycles. The largest absolute Gasteiger partial charge is 0.387 e. The molecule has 2 N–H and O–H groups in total. The summed E-state index contributed by atoms with van der Waals surface area (Å²) in [5.41, 5.74) is 0.980. The van der Waals surface area contributed by atoms with Crippen LogP contribution >= 0.6 is 0 Å². The smallest absolute Gasteiger partial charge is 0.221 e. The Labute approximate surface area is 151 Å². The minimum absolute atomic E-state index is 0.203. The van der Waals surface area contributed by atoms with E-state index in [2.05, 4.69) is 15.1 Å². The maximum Gasteiger partial charge on any atom is 0.221 e. The van der Waals surface area contributed by atoms with Crippen molar-refractivity contribution in [2.45, 2.75) is 44.2 Å². The van der Waals surface area contributed by atoms with Gasteiger partial charge in [-0.1, -0.05) is 43.2 Å². The molecule has 138 valence electrons. The molecule has 25 heavy (non-hydrogen) atoms. The normalized spacial score (nSPS) is 21.3. The Morgan fingerprint density at radius 3 is 2.40 bits per heavy atom. The molecule has 0 aromatic heterocycles. The predicted molar refractivity (Wildman–Crippen MR) is 99.3 cm³/mol. The van der Waals surface area contributed by atoms with Crippen LogP contribution in [0.25, 0.3) is 0 Å². The van der Waals surface area contributed by atoms with Crippen LogP contribution in [0, 0.1) is 0 Å². The van der Waals surface area contributed by atoms with Crippen LogP contribution in [0.4, 0.5) is 0 Å². The molecule has 1 heterocycles. The van der Waals surface area contributed by atoms with E-state index in [0.29, 0.717) is 19.0 Å². The Morgan fingerprint density at radius 2 is 1.72 bits per heavy atom. The van der Waals surface area contributed by atoms with E-state index >= 15 is 0 Å². The van der Waals surface area contributed by atoms with Gasteiger partial charge in [0.1, 0.15) is 0 Å². The number of nitrogens with one attached hydrogen (secondary N) is 1. The van der Waals surface area contributed by atoms with E-state index in [0.717, 1.165) is 51.1 Å². The maximum absolute atomic E-state index is 12.0. The molecule has 2 fully saturated rings. The van der Waals surface area contributed by atoms with Crippen molar-refractivity contribution < 1.29 is 9.90 Å². The van der Waals surface area contributed by atoms with Crippen LogP contribution in [-0.4, -0.2) is 66.1 Å². The van der Waals surface area contributed by atoms with Crippen molar-refractivity contribution >= 4 is 5.91 Å². The van der Waals surface area contributed by atoms with E-state index in [1.165, 1.54) is 12.8 Å². The van der Waals surface area contributed by atoms with Crippen LogP contribution in [0.3, 0.4) is 0 Å². The molecule has 3 rings (SSSR count). The molecule has 0 bridgehead atoms.